The predicted molar refractivity (Wildman–Crippen MR) is 48.2 cm³/mol. The van der Waals surface area contributed by atoms with E-state index in [1.807, 2.05) is 13.8 Å². The Morgan fingerprint density at radius 1 is 1.50 bits per heavy atom. The van der Waals surface area contributed by atoms with E-state index in [1.54, 1.807) is 7.11 Å². The molecule has 0 unspecified atom stereocenters. The van der Waals surface area contributed by atoms with E-state index < -0.39 is 0 Å². The molecule has 0 aromatic carbocycles. The van der Waals surface area contributed by atoms with Crippen LogP contribution in [0.15, 0.2) is 0 Å². The average Bonchev–Trinajstić information content (AvgIpc) is 2.67. The monoisotopic (exact) mass is 176 g/mol. The number of methoxy groups -OCH3 is 1. The summed E-state index contributed by atoms with van der Waals surface area (Å²) in [4.78, 5) is 0. The topological polar surface area (TPSA) is 42.0 Å². The molecule has 1 fully saturated rings. The summed E-state index contributed by atoms with van der Waals surface area (Å²) in [5.41, 5.74) is -0.111. The second-order valence-electron chi connectivity index (χ2n) is 4.17. The van der Waals surface area contributed by atoms with Gasteiger partial charge in [-0.3, -0.25) is 0 Å². The van der Waals surface area contributed by atoms with Crippen LogP contribution in [0.4, 0.5) is 0 Å². The van der Waals surface area contributed by atoms with E-state index in [0.29, 0.717) is 0 Å². The van der Waals surface area contributed by atoms with Gasteiger partial charge in [-0.15, -0.1) is 0 Å². The number of aliphatic hydroxyl groups excluding tert-OH is 1. The number of rotatable bonds is 2. The maximum Gasteiger partial charge on any atom is 0.0860 e. The molecule has 1 saturated heterocycles. The molecule has 1 rings (SSSR count). The summed E-state index contributed by atoms with van der Waals surface area (Å²) in [6, 6.07) is 0. The standard InChI is InChI=1S/C5H12O2.C4H8O/c1-5(2,4-6)7-3;1-4(2)3-5-4/h6H,4H2,1-3H3;3H2,1-2H3. The summed E-state index contributed by atoms with van der Waals surface area (Å²) in [6.45, 7) is 8.83. The number of epoxide rings is 1. The first-order valence-corrected chi connectivity index (χ1v) is 4.13. The molecule has 0 aromatic rings. The Balaban J connectivity index is 0.000000211. The lowest BCUT2D eigenvalue weighted by Gasteiger charge is -2.18. The van der Waals surface area contributed by atoms with Gasteiger partial charge >= 0.3 is 0 Å². The van der Waals surface area contributed by atoms with Crippen LogP contribution in [-0.2, 0) is 9.47 Å². The van der Waals surface area contributed by atoms with Gasteiger partial charge in [0.15, 0.2) is 0 Å². The summed E-state index contributed by atoms with van der Waals surface area (Å²) in [7, 11) is 1.58. The lowest BCUT2D eigenvalue weighted by molar-refractivity contribution is -0.0226. The molecule has 1 aliphatic rings. The van der Waals surface area contributed by atoms with Crippen molar-refractivity contribution in [2.75, 3.05) is 20.3 Å². The Morgan fingerprint density at radius 2 is 1.83 bits per heavy atom. The van der Waals surface area contributed by atoms with Gasteiger partial charge in [0.05, 0.1) is 24.4 Å². The summed E-state index contributed by atoms with van der Waals surface area (Å²) >= 11 is 0. The lowest BCUT2D eigenvalue weighted by atomic mass is 10.2. The quantitative estimate of drug-likeness (QED) is 0.643. The first kappa shape index (κ1) is 11.9. The van der Waals surface area contributed by atoms with E-state index in [9.17, 15) is 0 Å². The third-order valence-corrected chi connectivity index (χ3v) is 1.66. The number of hydrogen-bond acceptors (Lipinski definition) is 3. The van der Waals surface area contributed by atoms with Gasteiger partial charge in [0.25, 0.3) is 0 Å². The van der Waals surface area contributed by atoms with Crippen LogP contribution >= 0.6 is 0 Å². The van der Waals surface area contributed by atoms with Gasteiger partial charge in [-0.1, -0.05) is 0 Å². The summed E-state index contributed by atoms with van der Waals surface area (Å²) in [6.07, 6.45) is 0. The molecule has 0 aliphatic carbocycles. The molecule has 0 saturated carbocycles. The highest BCUT2D eigenvalue weighted by molar-refractivity contribution is 4.79. The molecule has 12 heavy (non-hydrogen) atoms. The molecule has 3 heteroatoms. The van der Waals surface area contributed by atoms with Crippen molar-refractivity contribution in [2.24, 2.45) is 0 Å². The summed E-state index contributed by atoms with van der Waals surface area (Å²) in [5.74, 6) is 0. The van der Waals surface area contributed by atoms with Crippen LogP contribution in [0.25, 0.3) is 0 Å². The van der Waals surface area contributed by atoms with Gasteiger partial charge in [0.1, 0.15) is 0 Å². The predicted octanol–water partition coefficient (Wildman–Crippen LogP) is 1.20. The zero-order valence-corrected chi connectivity index (χ0v) is 8.68. The minimum atomic E-state index is -0.361. The molecule has 0 atom stereocenters. The average molecular weight is 176 g/mol. The summed E-state index contributed by atoms with van der Waals surface area (Å²) < 4.78 is 9.73. The third-order valence-electron chi connectivity index (χ3n) is 1.66. The van der Waals surface area contributed by atoms with Crippen molar-refractivity contribution in [2.45, 2.75) is 38.9 Å². The largest absolute Gasteiger partial charge is 0.393 e. The number of hydrogen-bond donors (Lipinski definition) is 1. The van der Waals surface area contributed by atoms with E-state index in [4.69, 9.17) is 14.6 Å². The molecular weight excluding hydrogens is 156 g/mol. The van der Waals surface area contributed by atoms with Gasteiger partial charge in [-0.25, -0.2) is 0 Å². The molecule has 74 valence electrons. The van der Waals surface area contributed by atoms with Crippen LogP contribution in [0.3, 0.4) is 0 Å². The van der Waals surface area contributed by atoms with E-state index in [0.717, 1.165) is 6.61 Å². The van der Waals surface area contributed by atoms with Crippen LogP contribution in [0, 0.1) is 0 Å². The first-order chi connectivity index (χ1) is 5.33. The van der Waals surface area contributed by atoms with Gasteiger partial charge in [0.2, 0.25) is 0 Å². The minimum Gasteiger partial charge on any atom is -0.393 e. The van der Waals surface area contributed by atoms with Crippen molar-refractivity contribution in [1.82, 2.24) is 0 Å². The van der Waals surface area contributed by atoms with Crippen molar-refractivity contribution < 1.29 is 14.6 Å². The fraction of sp³-hybridized carbons (Fsp3) is 1.00. The maximum absolute atomic E-state index is 8.47. The van der Waals surface area contributed by atoms with E-state index in [2.05, 4.69) is 13.8 Å². The smallest absolute Gasteiger partial charge is 0.0860 e. The van der Waals surface area contributed by atoms with E-state index in [-0.39, 0.29) is 17.8 Å². The molecule has 0 radical (unpaired) electrons. The number of ether oxygens (including phenoxy) is 2. The summed E-state index contributed by atoms with van der Waals surface area (Å²) in [5, 5.41) is 8.47. The first-order valence-electron chi connectivity index (χ1n) is 4.13. The second-order valence-corrected chi connectivity index (χ2v) is 4.17. The number of aliphatic hydroxyl groups is 1. The Kier molecular flexibility index (Phi) is 4.17. The van der Waals surface area contributed by atoms with Crippen molar-refractivity contribution in [3.63, 3.8) is 0 Å². The molecule has 0 spiro atoms. The zero-order valence-electron chi connectivity index (χ0n) is 8.68. The molecule has 1 heterocycles. The van der Waals surface area contributed by atoms with Crippen LogP contribution < -0.4 is 0 Å². The van der Waals surface area contributed by atoms with Gasteiger partial charge in [-0.05, 0) is 27.7 Å². The van der Waals surface area contributed by atoms with Gasteiger partial charge < -0.3 is 14.6 Å². The molecule has 0 bridgehead atoms. The molecule has 1 N–H and O–H groups in total. The fourth-order valence-electron chi connectivity index (χ4n) is 0.209. The highest BCUT2D eigenvalue weighted by Gasteiger charge is 2.32. The van der Waals surface area contributed by atoms with Crippen molar-refractivity contribution in [1.29, 1.82) is 0 Å². The Bertz CT molecular complexity index is 118. The maximum atomic E-state index is 8.47. The normalized spacial score (nSPS) is 19.5. The van der Waals surface area contributed by atoms with E-state index in [1.165, 1.54) is 0 Å². The van der Waals surface area contributed by atoms with Gasteiger partial charge in [0, 0.05) is 7.11 Å². The van der Waals surface area contributed by atoms with E-state index >= 15 is 0 Å². The molecule has 3 nitrogen and oxygen atoms in total. The van der Waals surface area contributed by atoms with Crippen molar-refractivity contribution in [3.8, 4) is 0 Å². The second kappa shape index (κ2) is 4.21. The van der Waals surface area contributed by atoms with Crippen LogP contribution in [-0.4, -0.2) is 36.6 Å². The Hall–Kier alpha value is -0.120. The third kappa shape index (κ3) is 6.58. The van der Waals surface area contributed by atoms with Crippen molar-refractivity contribution >= 4 is 0 Å². The molecule has 1 aliphatic heterocycles. The molecular formula is C9H20O3. The van der Waals surface area contributed by atoms with Crippen LogP contribution in [0.2, 0.25) is 0 Å². The highest BCUT2D eigenvalue weighted by atomic mass is 16.6. The zero-order chi connectivity index (χ0) is 9.83. The van der Waals surface area contributed by atoms with Crippen LogP contribution in [0.1, 0.15) is 27.7 Å². The van der Waals surface area contributed by atoms with Crippen molar-refractivity contribution in [3.05, 3.63) is 0 Å². The Morgan fingerprint density at radius 3 is 1.83 bits per heavy atom. The fourth-order valence-corrected chi connectivity index (χ4v) is 0.209. The van der Waals surface area contributed by atoms with Gasteiger partial charge in [-0.2, -0.15) is 0 Å². The molecule has 0 aromatic heterocycles. The molecule has 0 amide bonds. The highest BCUT2D eigenvalue weighted by Crippen LogP contribution is 2.23. The van der Waals surface area contributed by atoms with Crippen LogP contribution in [0.5, 0.6) is 0 Å². The minimum absolute atomic E-state index is 0.0729. The Labute approximate surface area is 74.7 Å². The SMILES string of the molecule is CC1(C)CO1.COC(C)(C)CO. The lowest BCUT2D eigenvalue weighted by Crippen LogP contribution is -2.26.